The topological polar surface area (TPSA) is 95.6 Å². The molecule has 0 radical (unpaired) electrons. The number of rotatable bonds is 10. The van der Waals surface area contributed by atoms with Crippen LogP contribution in [0.25, 0.3) is 0 Å². The second-order valence-corrected chi connectivity index (χ2v) is 9.70. The molecule has 1 atom stereocenters. The highest BCUT2D eigenvalue weighted by Gasteiger charge is 2.32. The second-order valence-electron chi connectivity index (χ2n) is 7.84. The Bertz CT molecular complexity index is 1220. The Kier molecular flexibility index (Phi) is 8.43. The molecule has 0 aliphatic heterocycles. The number of sulfonamides is 1. The Balaban J connectivity index is 1.76. The highest BCUT2D eigenvalue weighted by atomic mass is 32.2. The second kappa shape index (κ2) is 11.5. The predicted molar refractivity (Wildman–Crippen MR) is 135 cm³/mol. The summed E-state index contributed by atoms with van der Waals surface area (Å²) in [6.45, 7) is 2.19. The zero-order chi connectivity index (χ0) is 24.6. The molecule has 2 N–H and O–H groups in total. The van der Waals surface area contributed by atoms with E-state index in [2.05, 4.69) is 10.6 Å². The van der Waals surface area contributed by atoms with Crippen LogP contribution in [0, 0.1) is 0 Å². The number of nitrogens with one attached hydrogen (secondary N) is 2. The summed E-state index contributed by atoms with van der Waals surface area (Å²) in [5.41, 5.74) is 2.14. The molecule has 0 heterocycles. The van der Waals surface area contributed by atoms with E-state index in [-0.39, 0.29) is 12.3 Å². The number of carbonyl (C=O) groups excluding carboxylic acids is 2. The van der Waals surface area contributed by atoms with Crippen LogP contribution in [-0.2, 0) is 21.2 Å². The first-order valence-corrected chi connectivity index (χ1v) is 12.9. The summed E-state index contributed by atoms with van der Waals surface area (Å²) < 4.78 is 26.3. The van der Waals surface area contributed by atoms with Crippen molar-refractivity contribution in [2.75, 3.05) is 22.4 Å². The van der Waals surface area contributed by atoms with Gasteiger partial charge in [0, 0.05) is 6.54 Å². The molecule has 0 aliphatic carbocycles. The number of carbonyl (C=O) groups is 2. The van der Waals surface area contributed by atoms with Crippen LogP contribution in [0.4, 0.5) is 11.4 Å². The first kappa shape index (κ1) is 25.0. The number of amides is 2. The largest absolute Gasteiger partial charge is 0.352 e. The van der Waals surface area contributed by atoms with Crippen molar-refractivity contribution in [1.82, 2.24) is 5.32 Å². The summed E-state index contributed by atoms with van der Waals surface area (Å²) in [7, 11) is -3.74. The summed E-state index contributed by atoms with van der Waals surface area (Å²) in [6.07, 6.45) is 2.00. The van der Waals surface area contributed by atoms with Crippen LogP contribution in [0.3, 0.4) is 0 Å². The van der Waals surface area contributed by atoms with E-state index in [0.717, 1.165) is 16.1 Å². The minimum Gasteiger partial charge on any atom is -0.352 e. The predicted octanol–water partition coefficient (Wildman–Crippen LogP) is 3.84. The number of hydrogen-bond donors (Lipinski definition) is 2. The van der Waals surface area contributed by atoms with Crippen LogP contribution < -0.4 is 14.9 Å². The van der Waals surface area contributed by atoms with E-state index in [9.17, 15) is 18.0 Å². The number of nitrogens with zero attached hydrogens (tertiary/aromatic N) is 1. The molecule has 34 heavy (non-hydrogen) atoms. The van der Waals surface area contributed by atoms with E-state index < -0.39 is 22.0 Å². The van der Waals surface area contributed by atoms with E-state index in [0.29, 0.717) is 29.9 Å². The third-order valence-corrected chi connectivity index (χ3v) is 6.49. The maximum Gasteiger partial charge on any atom is 0.253 e. The molecule has 8 heteroatoms. The van der Waals surface area contributed by atoms with Gasteiger partial charge in [-0.05, 0) is 42.7 Å². The van der Waals surface area contributed by atoms with Crippen molar-refractivity contribution in [3.8, 4) is 0 Å². The lowest BCUT2D eigenvalue weighted by molar-refractivity contribution is -0.117. The monoisotopic (exact) mass is 479 g/mol. The molecule has 3 aromatic carbocycles. The maximum atomic E-state index is 13.2. The van der Waals surface area contributed by atoms with Gasteiger partial charge in [-0.25, -0.2) is 8.42 Å². The van der Waals surface area contributed by atoms with E-state index >= 15 is 0 Å². The van der Waals surface area contributed by atoms with Gasteiger partial charge in [0.2, 0.25) is 15.9 Å². The van der Waals surface area contributed by atoms with Gasteiger partial charge < -0.3 is 10.6 Å². The number of benzene rings is 3. The van der Waals surface area contributed by atoms with E-state index in [1.54, 1.807) is 61.5 Å². The normalized spacial score (nSPS) is 11.9. The molecule has 2 amide bonds. The minimum absolute atomic E-state index is 0.249. The summed E-state index contributed by atoms with van der Waals surface area (Å²) in [4.78, 5) is 26.1. The van der Waals surface area contributed by atoms with Gasteiger partial charge in [-0.3, -0.25) is 13.9 Å². The fraction of sp³-hybridized carbons (Fsp3) is 0.231. The Labute approximate surface area is 200 Å². The molecule has 0 saturated heterocycles. The molecule has 7 nitrogen and oxygen atoms in total. The smallest absolute Gasteiger partial charge is 0.253 e. The zero-order valence-corrected chi connectivity index (χ0v) is 20.1. The van der Waals surface area contributed by atoms with Gasteiger partial charge >= 0.3 is 0 Å². The summed E-state index contributed by atoms with van der Waals surface area (Å²) >= 11 is 0. The molecule has 3 rings (SSSR count). The van der Waals surface area contributed by atoms with Gasteiger partial charge in [-0.2, -0.15) is 0 Å². The summed E-state index contributed by atoms with van der Waals surface area (Å²) in [5.74, 6) is -0.829. The van der Waals surface area contributed by atoms with Gasteiger partial charge in [0.05, 0.1) is 23.2 Å². The number of hydrogen-bond acceptors (Lipinski definition) is 4. The SMILES string of the molecule is CC[C@@H](C(=O)Nc1ccccc1C(=O)NCCc1ccccc1)N(c1ccccc1)S(C)(=O)=O. The molecule has 0 spiro atoms. The maximum absolute atomic E-state index is 13.2. The van der Waals surface area contributed by atoms with Crippen molar-refractivity contribution in [2.45, 2.75) is 25.8 Å². The quantitative estimate of drug-likeness (QED) is 0.462. The lowest BCUT2D eigenvalue weighted by Gasteiger charge is -2.30. The fourth-order valence-corrected chi connectivity index (χ4v) is 4.91. The van der Waals surface area contributed by atoms with E-state index in [1.165, 1.54) is 0 Å². The van der Waals surface area contributed by atoms with Crippen LogP contribution >= 0.6 is 0 Å². The summed E-state index contributed by atoms with van der Waals surface area (Å²) in [5, 5.41) is 5.65. The van der Waals surface area contributed by atoms with Crippen LogP contribution in [0.1, 0.15) is 29.3 Å². The third kappa shape index (κ3) is 6.45. The van der Waals surface area contributed by atoms with Crippen molar-refractivity contribution in [3.05, 3.63) is 96.1 Å². The lowest BCUT2D eigenvalue weighted by atomic mass is 10.1. The molecular weight excluding hydrogens is 450 g/mol. The molecule has 178 valence electrons. The highest BCUT2D eigenvalue weighted by Crippen LogP contribution is 2.24. The van der Waals surface area contributed by atoms with Gasteiger partial charge in [-0.15, -0.1) is 0 Å². The van der Waals surface area contributed by atoms with Crippen LogP contribution in [0.2, 0.25) is 0 Å². The zero-order valence-electron chi connectivity index (χ0n) is 19.3. The van der Waals surface area contributed by atoms with Gasteiger partial charge in [-0.1, -0.05) is 67.6 Å². The third-order valence-electron chi connectivity index (χ3n) is 5.31. The minimum atomic E-state index is -3.74. The van der Waals surface area contributed by atoms with Crippen LogP contribution in [0.5, 0.6) is 0 Å². The van der Waals surface area contributed by atoms with Crippen molar-refractivity contribution < 1.29 is 18.0 Å². The summed E-state index contributed by atoms with van der Waals surface area (Å²) in [6, 6.07) is 24.0. The van der Waals surface area contributed by atoms with Crippen molar-refractivity contribution in [1.29, 1.82) is 0 Å². The average Bonchev–Trinajstić information content (AvgIpc) is 2.83. The molecular formula is C26H29N3O4S. The molecule has 0 aliphatic rings. The molecule has 0 aromatic heterocycles. The Morgan fingerprint density at radius 1 is 0.882 bits per heavy atom. The Morgan fingerprint density at radius 3 is 2.09 bits per heavy atom. The van der Waals surface area contributed by atoms with E-state index in [1.807, 2.05) is 30.3 Å². The first-order valence-electron chi connectivity index (χ1n) is 11.1. The molecule has 0 unspecified atom stereocenters. The van der Waals surface area contributed by atoms with Crippen molar-refractivity contribution >= 4 is 33.2 Å². The molecule has 3 aromatic rings. The van der Waals surface area contributed by atoms with Crippen molar-refractivity contribution in [3.63, 3.8) is 0 Å². The van der Waals surface area contributed by atoms with Crippen molar-refractivity contribution in [2.24, 2.45) is 0 Å². The van der Waals surface area contributed by atoms with Gasteiger partial charge in [0.25, 0.3) is 5.91 Å². The number of anilines is 2. The molecule has 0 fully saturated rings. The fourth-order valence-electron chi connectivity index (χ4n) is 3.70. The average molecular weight is 480 g/mol. The standard InChI is InChI=1S/C26H29N3O4S/c1-3-24(29(34(2,32)33)21-14-8-5-9-15-21)26(31)28-23-17-11-10-16-22(23)25(30)27-19-18-20-12-6-4-7-13-20/h4-17,24H,3,18-19H2,1-2H3,(H,27,30)(H,28,31)/t24-/m0/s1. The number of para-hydroxylation sites is 2. The van der Waals surface area contributed by atoms with E-state index in [4.69, 9.17) is 0 Å². The van der Waals surface area contributed by atoms with Gasteiger partial charge in [0.15, 0.2) is 0 Å². The Morgan fingerprint density at radius 2 is 1.47 bits per heavy atom. The lowest BCUT2D eigenvalue weighted by Crippen LogP contribution is -2.47. The Hall–Kier alpha value is -3.65. The highest BCUT2D eigenvalue weighted by molar-refractivity contribution is 7.92. The molecule has 0 bridgehead atoms. The first-order chi connectivity index (χ1) is 16.3. The van der Waals surface area contributed by atoms with Crippen LogP contribution in [-0.4, -0.2) is 39.1 Å². The van der Waals surface area contributed by atoms with Crippen LogP contribution in [0.15, 0.2) is 84.9 Å². The molecule has 0 saturated carbocycles. The van der Waals surface area contributed by atoms with Gasteiger partial charge in [0.1, 0.15) is 6.04 Å².